The van der Waals surface area contributed by atoms with Crippen molar-refractivity contribution < 1.29 is 18.7 Å². The van der Waals surface area contributed by atoms with Crippen LogP contribution < -0.4 is 10.3 Å². The van der Waals surface area contributed by atoms with Crippen LogP contribution in [0, 0.1) is 5.82 Å². The Bertz CT molecular complexity index is 1290. The third-order valence-corrected chi connectivity index (χ3v) is 4.70. The van der Waals surface area contributed by atoms with Gasteiger partial charge in [0.05, 0.1) is 18.4 Å². The first-order valence-corrected chi connectivity index (χ1v) is 9.73. The van der Waals surface area contributed by atoms with Crippen LogP contribution in [0.2, 0.25) is 0 Å². The standard InChI is InChI=1S/C24H19FN2O4/c1-2-30-24(29)23-21(14-22(28)27(26-23)19-12-10-18(25)11-13-19)31-15-17-8-5-7-16-6-3-4-9-20(16)17/h3-14H,2,15H2,1H3. The number of aromatic nitrogens is 2. The molecule has 0 atom stereocenters. The summed E-state index contributed by atoms with van der Waals surface area (Å²) in [5.74, 6) is -1.14. The normalized spacial score (nSPS) is 10.8. The summed E-state index contributed by atoms with van der Waals surface area (Å²) in [6, 6.07) is 20.1. The monoisotopic (exact) mass is 418 g/mol. The van der Waals surface area contributed by atoms with E-state index in [1.165, 1.54) is 30.3 Å². The van der Waals surface area contributed by atoms with Gasteiger partial charge in [-0.1, -0.05) is 42.5 Å². The molecule has 1 heterocycles. The molecule has 0 radical (unpaired) electrons. The predicted molar refractivity (Wildman–Crippen MR) is 114 cm³/mol. The van der Waals surface area contributed by atoms with Crippen LogP contribution in [0.5, 0.6) is 5.75 Å². The summed E-state index contributed by atoms with van der Waals surface area (Å²) in [7, 11) is 0. The van der Waals surface area contributed by atoms with Gasteiger partial charge in [0.1, 0.15) is 12.4 Å². The Morgan fingerprint density at radius 2 is 1.77 bits per heavy atom. The largest absolute Gasteiger partial charge is 0.486 e. The second kappa shape index (κ2) is 8.79. The average molecular weight is 418 g/mol. The van der Waals surface area contributed by atoms with Crippen molar-refractivity contribution in [2.75, 3.05) is 6.61 Å². The van der Waals surface area contributed by atoms with E-state index in [1.54, 1.807) is 6.92 Å². The molecule has 0 saturated carbocycles. The Kier molecular flexibility index (Phi) is 5.75. The number of benzene rings is 3. The maximum atomic E-state index is 13.2. The third kappa shape index (κ3) is 4.30. The van der Waals surface area contributed by atoms with Gasteiger partial charge in [0, 0.05) is 0 Å². The van der Waals surface area contributed by atoms with Gasteiger partial charge in [-0.15, -0.1) is 0 Å². The first kappa shape index (κ1) is 20.3. The highest BCUT2D eigenvalue weighted by molar-refractivity contribution is 5.90. The summed E-state index contributed by atoms with van der Waals surface area (Å²) in [5, 5.41) is 6.21. The minimum Gasteiger partial charge on any atom is -0.486 e. The number of esters is 1. The van der Waals surface area contributed by atoms with Crippen LogP contribution in [-0.4, -0.2) is 22.4 Å². The summed E-state index contributed by atoms with van der Waals surface area (Å²) in [4.78, 5) is 25.2. The quantitative estimate of drug-likeness (QED) is 0.437. The van der Waals surface area contributed by atoms with Gasteiger partial charge < -0.3 is 9.47 Å². The molecule has 3 aromatic carbocycles. The molecule has 4 rings (SSSR count). The summed E-state index contributed by atoms with van der Waals surface area (Å²) in [5.41, 5.74) is 0.562. The molecule has 7 heteroatoms. The van der Waals surface area contributed by atoms with E-state index in [0.29, 0.717) is 5.69 Å². The smallest absolute Gasteiger partial charge is 0.362 e. The first-order valence-electron chi connectivity index (χ1n) is 9.73. The molecule has 0 bridgehead atoms. The maximum absolute atomic E-state index is 13.2. The van der Waals surface area contributed by atoms with Crippen molar-refractivity contribution in [3.63, 3.8) is 0 Å². The lowest BCUT2D eigenvalue weighted by Crippen LogP contribution is -2.25. The van der Waals surface area contributed by atoms with E-state index in [0.717, 1.165) is 21.0 Å². The van der Waals surface area contributed by atoms with Gasteiger partial charge in [0.15, 0.2) is 5.75 Å². The lowest BCUT2D eigenvalue weighted by molar-refractivity contribution is 0.0511. The Hall–Kier alpha value is -4.00. The highest BCUT2D eigenvalue weighted by atomic mass is 19.1. The Balaban J connectivity index is 1.72. The third-order valence-electron chi connectivity index (χ3n) is 4.70. The molecule has 0 aliphatic heterocycles. The zero-order valence-corrected chi connectivity index (χ0v) is 16.7. The van der Waals surface area contributed by atoms with Crippen LogP contribution >= 0.6 is 0 Å². The number of ether oxygens (including phenoxy) is 2. The predicted octanol–water partition coefficient (Wildman–Crippen LogP) is 4.28. The average Bonchev–Trinajstić information content (AvgIpc) is 2.78. The van der Waals surface area contributed by atoms with Gasteiger partial charge in [-0.3, -0.25) is 4.79 Å². The molecule has 1 aromatic heterocycles. The molecular weight excluding hydrogens is 399 g/mol. The van der Waals surface area contributed by atoms with Crippen molar-refractivity contribution in [3.05, 3.63) is 100 Å². The van der Waals surface area contributed by atoms with Crippen LogP contribution in [0.25, 0.3) is 16.5 Å². The van der Waals surface area contributed by atoms with Crippen LogP contribution in [0.1, 0.15) is 23.0 Å². The van der Waals surface area contributed by atoms with Gasteiger partial charge in [-0.2, -0.15) is 9.78 Å². The number of carbonyl (C=O) groups is 1. The van der Waals surface area contributed by atoms with Crippen molar-refractivity contribution in [3.8, 4) is 11.4 Å². The van der Waals surface area contributed by atoms with E-state index in [2.05, 4.69) is 5.10 Å². The molecule has 0 saturated heterocycles. The SMILES string of the molecule is CCOC(=O)c1nn(-c2ccc(F)cc2)c(=O)cc1OCc1cccc2ccccc12. The summed E-state index contributed by atoms with van der Waals surface area (Å²) in [6.07, 6.45) is 0. The molecule has 0 aliphatic rings. The van der Waals surface area contributed by atoms with Gasteiger partial charge in [-0.25, -0.2) is 9.18 Å². The molecular formula is C24H19FN2O4. The van der Waals surface area contributed by atoms with Crippen molar-refractivity contribution in [1.82, 2.24) is 9.78 Å². The molecule has 0 unspecified atom stereocenters. The van der Waals surface area contributed by atoms with Crippen molar-refractivity contribution in [1.29, 1.82) is 0 Å². The zero-order chi connectivity index (χ0) is 21.8. The molecule has 0 amide bonds. The van der Waals surface area contributed by atoms with E-state index in [9.17, 15) is 14.0 Å². The Morgan fingerprint density at radius 3 is 2.55 bits per heavy atom. The number of rotatable bonds is 6. The highest BCUT2D eigenvalue weighted by Gasteiger charge is 2.20. The fraction of sp³-hybridized carbons (Fsp3) is 0.125. The minimum atomic E-state index is -0.716. The number of halogens is 1. The topological polar surface area (TPSA) is 70.4 Å². The second-order valence-corrected chi connectivity index (χ2v) is 6.73. The number of carbonyl (C=O) groups excluding carboxylic acids is 1. The fourth-order valence-corrected chi connectivity index (χ4v) is 3.23. The molecule has 4 aromatic rings. The van der Waals surface area contributed by atoms with Crippen molar-refractivity contribution in [2.45, 2.75) is 13.5 Å². The van der Waals surface area contributed by atoms with Crippen LogP contribution in [0.3, 0.4) is 0 Å². The number of nitrogens with zero attached hydrogens (tertiary/aromatic N) is 2. The Morgan fingerprint density at radius 1 is 1.03 bits per heavy atom. The molecule has 0 fully saturated rings. The van der Waals surface area contributed by atoms with Crippen LogP contribution in [0.15, 0.2) is 77.6 Å². The molecule has 0 spiro atoms. The van der Waals surface area contributed by atoms with Crippen LogP contribution in [0.4, 0.5) is 4.39 Å². The van der Waals surface area contributed by atoms with Crippen molar-refractivity contribution >= 4 is 16.7 Å². The highest BCUT2D eigenvalue weighted by Crippen LogP contribution is 2.22. The molecule has 156 valence electrons. The number of hydrogen-bond acceptors (Lipinski definition) is 5. The number of fused-ring (bicyclic) bond motifs is 1. The van der Waals surface area contributed by atoms with Crippen molar-refractivity contribution in [2.24, 2.45) is 0 Å². The van der Waals surface area contributed by atoms with Gasteiger partial charge in [-0.05, 0) is 47.5 Å². The van der Waals surface area contributed by atoms with E-state index in [1.807, 2.05) is 42.5 Å². The fourth-order valence-electron chi connectivity index (χ4n) is 3.23. The second-order valence-electron chi connectivity index (χ2n) is 6.73. The summed E-state index contributed by atoms with van der Waals surface area (Å²) in [6.45, 7) is 1.94. The summed E-state index contributed by atoms with van der Waals surface area (Å²) >= 11 is 0. The molecule has 6 nitrogen and oxygen atoms in total. The van der Waals surface area contributed by atoms with E-state index in [-0.39, 0.29) is 24.7 Å². The minimum absolute atomic E-state index is 0.0229. The van der Waals surface area contributed by atoms with E-state index >= 15 is 0 Å². The van der Waals surface area contributed by atoms with Gasteiger partial charge >= 0.3 is 5.97 Å². The molecule has 0 N–H and O–H groups in total. The number of hydrogen-bond donors (Lipinski definition) is 0. The van der Waals surface area contributed by atoms with E-state index < -0.39 is 17.3 Å². The summed E-state index contributed by atoms with van der Waals surface area (Å²) < 4.78 is 25.2. The van der Waals surface area contributed by atoms with E-state index in [4.69, 9.17) is 9.47 Å². The lowest BCUT2D eigenvalue weighted by atomic mass is 10.1. The van der Waals surface area contributed by atoms with Gasteiger partial charge in [0.25, 0.3) is 5.56 Å². The maximum Gasteiger partial charge on any atom is 0.362 e. The lowest BCUT2D eigenvalue weighted by Gasteiger charge is -2.13. The van der Waals surface area contributed by atoms with Crippen LogP contribution in [-0.2, 0) is 11.3 Å². The molecule has 0 aliphatic carbocycles. The molecule has 31 heavy (non-hydrogen) atoms. The Labute approximate surface area is 177 Å². The zero-order valence-electron chi connectivity index (χ0n) is 16.7. The van der Waals surface area contributed by atoms with Gasteiger partial charge in [0.2, 0.25) is 5.69 Å². The first-order chi connectivity index (χ1) is 15.1.